The van der Waals surface area contributed by atoms with Crippen molar-refractivity contribution < 1.29 is 14.3 Å². The molecule has 1 aliphatic heterocycles. The van der Waals surface area contributed by atoms with Gasteiger partial charge in [0.05, 0.1) is 6.61 Å². The van der Waals surface area contributed by atoms with Crippen LogP contribution in [-0.2, 0) is 14.3 Å². The maximum Gasteiger partial charge on any atom is 0.315 e. The van der Waals surface area contributed by atoms with Gasteiger partial charge in [-0.25, -0.2) is 0 Å². The Labute approximate surface area is 169 Å². The molecule has 0 amide bonds. The van der Waals surface area contributed by atoms with E-state index in [-0.39, 0.29) is 23.1 Å². The second-order valence-electron chi connectivity index (χ2n) is 8.23. The second-order valence-corrected chi connectivity index (χ2v) is 9.14. The molecule has 1 unspecified atom stereocenters. The number of nitrogens with zero attached hydrogens (tertiary/aromatic N) is 1. The number of carbonyl (C=O) groups excluding carboxylic acids is 2. The number of benzene rings is 1. The fraction of sp³-hybridized carbons (Fsp3) is 0.500. The van der Waals surface area contributed by atoms with E-state index in [0.717, 1.165) is 34.3 Å². The summed E-state index contributed by atoms with van der Waals surface area (Å²) in [5.41, 5.74) is 3.10. The number of aliphatic imine (C=N–C) groups is 1. The first-order valence-electron chi connectivity index (χ1n) is 9.47. The number of carbonyl (C=O) groups is 2. The summed E-state index contributed by atoms with van der Waals surface area (Å²) < 4.78 is 6.43. The molecular formula is C22H26BrNO3. The molecular weight excluding hydrogens is 406 g/mol. The van der Waals surface area contributed by atoms with E-state index in [2.05, 4.69) is 29.8 Å². The van der Waals surface area contributed by atoms with Crippen molar-refractivity contribution in [2.45, 2.75) is 52.9 Å². The van der Waals surface area contributed by atoms with Crippen molar-refractivity contribution in [2.75, 3.05) is 6.61 Å². The fourth-order valence-corrected chi connectivity index (χ4v) is 4.34. The lowest BCUT2D eigenvalue weighted by atomic mass is 9.67. The van der Waals surface area contributed by atoms with Crippen LogP contribution in [0.3, 0.4) is 0 Å². The van der Waals surface area contributed by atoms with Crippen molar-refractivity contribution in [3.8, 4) is 0 Å². The van der Waals surface area contributed by atoms with Crippen molar-refractivity contribution in [2.24, 2.45) is 16.3 Å². The van der Waals surface area contributed by atoms with Crippen LogP contribution >= 0.6 is 15.9 Å². The van der Waals surface area contributed by atoms with E-state index >= 15 is 0 Å². The summed E-state index contributed by atoms with van der Waals surface area (Å²) in [6.07, 6.45) is 1.98. The van der Waals surface area contributed by atoms with E-state index in [9.17, 15) is 9.59 Å². The van der Waals surface area contributed by atoms with Gasteiger partial charge in [0.25, 0.3) is 0 Å². The van der Waals surface area contributed by atoms with E-state index in [0.29, 0.717) is 18.6 Å². The van der Waals surface area contributed by atoms with Crippen molar-refractivity contribution in [1.82, 2.24) is 0 Å². The first-order valence-corrected chi connectivity index (χ1v) is 10.3. The molecule has 2 aliphatic rings. The van der Waals surface area contributed by atoms with Gasteiger partial charge < -0.3 is 4.74 Å². The highest BCUT2D eigenvalue weighted by molar-refractivity contribution is 9.10. The van der Waals surface area contributed by atoms with Gasteiger partial charge in [0.15, 0.2) is 5.78 Å². The van der Waals surface area contributed by atoms with Gasteiger partial charge >= 0.3 is 5.97 Å². The first-order chi connectivity index (χ1) is 12.7. The maximum atomic E-state index is 13.1. The summed E-state index contributed by atoms with van der Waals surface area (Å²) in [4.78, 5) is 30.7. The molecule has 0 fully saturated rings. The lowest BCUT2D eigenvalue weighted by Crippen LogP contribution is -2.39. The second kappa shape index (κ2) is 7.70. The number of Topliss-reactive ketones (excluding diaryl/α,β-unsaturated/α-hetero) is 1. The third-order valence-corrected chi connectivity index (χ3v) is 5.76. The van der Waals surface area contributed by atoms with Gasteiger partial charge in [0.2, 0.25) is 0 Å². The van der Waals surface area contributed by atoms with Gasteiger partial charge in [-0.1, -0.05) is 48.8 Å². The van der Waals surface area contributed by atoms with Gasteiger partial charge in [0, 0.05) is 33.8 Å². The molecule has 0 bridgehead atoms. The number of ether oxygens (including phenoxy) is 1. The zero-order valence-corrected chi connectivity index (χ0v) is 17.9. The van der Waals surface area contributed by atoms with Crippen molar-refractivity contribution >= 4 is 33.4 Å². The van der Waals surface area contributed by atoms with Gasteiger partial charge in [-0.15, -0.1) is 0 Å². The minimum Gasteiger partial charge on any atom is -0.465 e. The molecule has 1 heterocycles. The molecule has 2 atom stereocenters. The predicted molar refractivity (Wildman–Crippen MR) is 110 cm³/mol. The Balaban J connectivity index is 2.12. The van der Waals surface area contributed by atoms with Crippen molar-refractivity contribution in [1.29, 1.82) is 0 Å². The predicted octanol–water partition coefficient (Wildman–Crippen LogP) is 5.22. The number of hydrogen-bond donors (Lipinski definition) is 0. The van der Waals surface area contributed by atoms with Crippen LogP contribution in [0.5, 0.6) is 0 Å². The smallest absolute Gasteiger partial charge is 0.315 e. The molecule has 0 N–H and O–H groups in total. The summed E-state index contributed by atoms with van der Waals surface area (Å²) in [5, 5.41) is 0. The minimum atomic E-state index is -0.554. The third kappa shape index (κ3) is 4.08. The molecule has 27 heavy (non-hydrogen) atoms. The van der Waals surface area contributed by atoms with Gasteiger partial charge in [0.1, 0.15) is 5.92 Å². The van der Waals surface area contributed by atoms with Crippen LogP contribution in [-0.4, -0.2) is 24.1 Å². The Hall–Kier alpha value is -1.75. The Morgan fingerprint density at radius 1 is 1.26 bits per heavy atom. The lowest BCUT2D eigenvalue weighted by molar-refractivity contribution is -0.146. The van der Waals surface area contributed by atoms with Crippen LogP contribution in [0.1, 0.15) is 58.4 Å². The molecule has 4 nitrogen and oxygen atoms in total. The normalized spacial score (nSPS) is 24.3. The summed E-state index contributed by atoms with van der Waals surface area (Å²) in [5.74, 6) is -1.09. The van der Waals surface area contributed by atoms with Crippen molar-refractivity contribution in [3.05, 3.63) is 45.6 Å². The molecule has 1 aromatic rings. The fourth-order valence-electron chi connectivity index (χ4n) is 4.07. The molecule has 0 saturated carbocycles. The van der Waals surface area contributed by atoms with Crippen molar-refractivity contribution in [3.63, 3.8) is 0 Å². The number of esters is 1. The zero-order chi connectivity index (χ0) is 19.8. The van der Waals surface area contributed by atoms with E-state index < -0.39 is 5.92 Å². The standard InChI is InChI=1S/C22H26BrNO3/c1-5-10-27-21(26)18-13(2)24-16-11-22(3,4)12-17(25)20(16)19(18)14-6-8-15(23)9-7-14/h6-9,18-19H,5,10-12H2,1-4H3/t18?,19-/m0/s1. The van der Waals surface area contributed by atoms with Crippen LogP contribution in [0.15, 0.2) is 45.0 Å². The van der Waals surface area contributed by atoms with E-state index in [1.165, 1.54) is 0 Å². The molecule has 1 aromatic carbocycles. The topological polar surface area (TPSA) is 55.7 Å². The summed E-state index contributed by atoms with van der Waals surface area (Å²) in [7, 11) is 0. The van der Waals surface area contributed by atoms with Crippen LogP contribution in [0, 0.1) is 11.3 Å². The highest BCUT2D eigenvalue weighted by Crippen LogP contribution is 2.48. The average Bonchev–Trinajstić information content (AvgIpc) is 2.58. The molecule has 0 aromatic heterocycles. The summed E-state index contributed by atoms with van der Waals surface area (Å²) in [6.45, 7) is 8.41. The quantitative estimate of drug-likeness (QED) is 0.613. The van der Waals surface area contributed by atoms with Gasteiger partial charge in [-0.3, -0.25) is 14.6 Å². The Bertz CT molecular complexity index is 820. The largest absolute Gasteiger partial charge is 0.465 e. The molecule has 3 rings (SSSR count). The summed E-state index contributed by atoms with van der Waals surface area (Å²) >= 11 is 3.46. The maximum absolute atomic E-state index is 13.1. The Morgan fingerprint density at radius 3 is 2.56 bits per heavy atom. The first kappa shape index (κ1) is 20.0. The van der Waals surface area contributed by atoms with E-state index in [1.807, 2.05) is 38.1 Å². The number of halogens is 1. The number of ketones is 1. The number of rotatable bonds is 4. The zero-order valence-electron chi connectivity index (χ0n) is 16.3. The SMILES string of the molecule is CCCOC(=O)C1C(C)=NC2=C(C(=O)CC(C)(C)C2)[C@H]1c1ccc(Br)cc1. The van der Waals surface area contributed by atoms with Crippen LogP contribution < -0.4 is 0 Å². The highest BCUT2D eigenvalue weighted by Gasteiger charge is 2.45. The molecule has 5 heteroatoms. The van der Waals surface area contributed by atoms with E-state index in [1.54, 1.807) is 0 Å². The molecule has 144 valence electrons. The summed E-state index contributed by atoms with van der Waals surface area (Å²) in [6, 6.07) is 7.85. The van der Waals surface area contributed by atoms with Crippen LogP contribution in [0.4, 0.5) is 0 Å². The minimum absolute atomic E-state index is 0.0960. The lowest BCUT2D eigenvalue weighted by Gasteiger charge is -2.39. The van der Waals surface area contributed by atoms with E-state index in [4.69, 9.17) is 9.73 Å². The van der Waals surface area contributed by atoms with Crippen LogP contribution in [0.2, 0.25) is 0 Å². The van der Waals surface area contributed by atoms with Gasteiger partial charge in [-0.05, 0) is 42.9 Å². The highest BCUT2D eigenvalue weighted by atomic mass is 79.9. The molecule has 0 radical (unpaired) electrons. The third-order valence-electron chi connectivity index (χ3n) is 5.23. The van der Waals surface area contributed by atoms with Gasteiger partial charge in [-0.2, -0.15) is 0 Å². The molecule has 1 aliphatic carbocycles. The molecule has 0 saturated heterocycles. The Morgan fingerprint density at radius 2 is 1.93 bits per heavy atom. The van der Waals surface area contributed by atoms with Crippen LogP contribution in [0.25, 0.3) is 0 Å². The Kier molecular flexibility index (Phi) is 5.71. The number of hydrogen-bond acceptors (Lipinski definition) is 4. The molecule has 0 spiro atoms. The number of allylic oxidation sites excluding steroid dienone is 2. The monoisotopic (exact) mass is 431 g/mol. The average molecular weight is 432 g/mol.